The van der Waals surface area contributed by atoms with Crippen LogP contribution in [0.1, 0.15) is 11.5 Å². The Bertz CT molecular complexity index is 738. The summed E-state index contributed by atoms with van der Waals surface area (Å²) >= 11 is 0. The Labute approximate surface area is 118 Å². The number of para-hydroxylation sites is 1. The lowest BCUT2D eigenvalue weighted by Crippen LogP contribution is -2.24. The number of alkyl halides is 3. The van der Waals surface area contributed by atoms with Crippen molar-refractivity contribution in [2.24, 2.45) is 0 Å². The van der Waals surface area contributed by atoms with Gasteiger partial charge in [-0.2, -0.15) is 13.2 Å². The highest BCUT2D eigenvalue weighted by Gasteiger charge is 2.47. The van der Waals surface area contributed by atoms with Crippen LogP contribution in [0.15, 0.2) is 39.8 Å². The van der Waals surface area contributed by atoms with Crippen molar-refractivity contribution in [2.45, 2.75) is 23.9 Å². The summed E-state index contributed by atoms with van der Waals surface area (Å²) < 4.78 is 65.7. The minimum Gasteiger partial charge on any atom is -0.378 e. The highest BCUT2D eigenvalue weighted by molar-refractivity contribution is 7.92. The summed E-state index contributed by atoms with van der Waals surface area (Å²) in [4.78, 5) is -0.822. The molecule has 1 aromatic heterocycles. The van der Waals surface area contributed by atoms with Crippen LogP contribution in [0.2, 0.25) is 0 Å². The zero-order valence-electron chi connectivity index (χ0n) is 10.8. The van der Waals surface area contributed by atoms with Gasteiger partial charge in [-0.25, -0.2) is 8.42 Å². The van der Waals surface area contributed by atoms with Crippen molar-refractivity contribution in [1.82, 2.24) is 5.16 Å². The number of sulfone groups is 1. The van der Waals surface area contributed by atoms with Gasteiger partial charge in [0.05, 0.1) is 17.1 Å². The van der Waals surface area contributed by atoms with E-state index in [2.05, 4.69) is 10.5 Å². The molecule has 0 saturated carbocycles. The summed E-state index contributed by atoms with van der Waals surface area (Å²) in [5.74, 6) is 0.544. The molecule has 0 aliphatic heterocycles. The van der Waals surface area contributed by atoms with Gasteiger partial charge in [0.25, 0.3) is 9.84 Å². The predicted molar refractivity (Wildman–Crippen MR) is 68.2 cm³/mol. The Hall–Kier alpha value is -2.03. The first-order valence-electron chi connectivity index (χ1n) is 5.78. The van der Waals surface area contributed by atoms with Crippen molar-refractivity contribution in [1.29, 1.82) is 0 Å². The molecule has 0 radical (unpaired) electrons. The van der Waals surface area contributed by atoms with Crippen molar-refractivity contribution in [3.8, 4) is 0 Å². The van der Waals surface area contributed by atoms with E-state index < -0.39 is 20.2 Å². The van der Waals surface area contributed by atoms with E-state index in [1.165, 1.54) is 18.2 Å². The lowest BCUT2D eigenvalue weighted by atomic mass is 10.3. The van der Waals surface area contributed by atoms with Gasteiger partial charge in [-0.1, -0.05) is 17.3 Å². The van der Waals surface area contributed by atoms with Gasteiger partial charge in [0.1, 0.15) is 11.5 Å². The third-order valence-electron chi connectivity index (χ3n) is 2.62. The molecule has 1 heterocycles. The van der Waals surface area contributed by atoms with Crippen LogP contribution in [0.25, 0.3) is 0 Å². The maximum atomic E-state index is 12.6. The van der Waals surface area contributed by atoms with Crippen molar-refractivity contribution >= 4 is 15.5 Å². The van der Waals surface area contributed by atoms with Crippen LogP contribution in [0, 0.1) is 6.92 Å². The van der Waals surface area contributed by atoms with Crippen LogP contribution in [0.5, 0.6) is 0 Å². The highest BCUT2D eigenvalue weighted by atomic mass is 32.2. The topological polar surface area (TPSA) is 72.2 Å². The Kier molecular flexibility index (Phi) is 3.95. The van der Waals surface area contributed by atoms with Crippen LogP contribution in [0.3, 0.4) is 0 Å². The molecular weight excluding hydrogens is 309 g/mol. The van der Waals surface area contributed by atoms with Crippen LogP contribution >= 0.6 is 0 Å². The average Bonchev–Trinajstić information content (AvgIpc) is 2.81. The molecule has 0 fully saturated rings. The molecule has 5 nitrogen and oxygen atoms in total. The SMILES string of the molecule is Cc1cc(CNc2ccccc2S(=O)(=O)C(F)(F)F)no1. The lowest BCUT2D eigenvalue weighted by molar-refractivity contribution is -0.0435. The van der Waals surface area contributed by atoms with E-state index in [4.69, 9.17) is 4.52 Å². The molecule has 0 unspecified atom stereocenters. The summed E-state index contributed by atoms with van der Waals surface area (Å²) in [6.45, 7) is 1.71. The Morgan fingerprint density at radius 2 is 1.95 bits per heavy atom. The minimum atomic E-state index is -5.41. The molecule has 0 spiro atoms. The standard InChI is InChI=1S/C12H11F3N2O3S/c1-8-6-9(17-20-8)7-16-10-4-2-3-5-11(10)21(18,19)12(13,14)15/h2-6,16H,7H2,1H3. The van der Waals surface area contributed by atoms with Crippen molar-refractivity contribution in [2.75, 3.05) is 5.32 Å². The zero-order valence-corrected chi connectivity index (χ0v) is 11.6. The molecule has 0 saturated heterocycles. The van der Waals surface area contributed by atoms with Gasteiger partial charge >= 0.3 is 5.51 Å². The van der Waals surface area contributed by atoms with Crippen LogP contribution in [0.4, 0.5) is 18.9 Å². The predicted octanol–water partition coefficient (Wildman–Crippen LogP) is 2.89. The molecule has 0 bridgehead atoms. The number of aryl methyl sites for hydroxylation is 1. The van der Waals surface area contributed by atoms with Crippen LogP contribution in [-0.4, -0.2) is 19.1 Å². The van der Waals surface area contributed by atoms with Gasteiger partial charge in [0.2, 0.25) is 0 Å². The molecule has 1 aromatic carbocycles. The number of nitrogens with one attached hydrogen (secondary N) is 1. The summed E-state index contributed by atoms with van der Waals surface area (Å²) in [5.41, 5.74) is -5.04. The third-order valence-corrected chi connectivity index (χ3v) is 4.16. The molecule has 114 valence electrons. The Balaban J connectivity index is 2.30. The highest BCUT2D eigenvalue weighted by Crippen LogP contribution is 2.34. The molecule has 9 heteroatoms. The second-order valence-corrected chi connectivity index (χ2v) is 6.14. The van der Waals surface area contributed by atoms with E-state index in [0.29, 0.717) is 11.5 Å². The van der Waals surface area contributed by atoms with E-state index in [1.54, 1.807) is 13.0 Å². The number of nitrogens with zero attached hydrogens (tertiary/aromatic N) is 1. The molecule has 0 aliphatic rings. The van der Waals surface area contributed by atoms with Crippen LogP contribution in [-0.2, 0) is 16.4 Å². The number of aromatic nitrogens is 1. The first-order valence-corrected chi connectivity index (χ1v) is 7.26. The number of anilines is 1. The van der Waals surface area contributed by atoms with Crippen molar-refractivity contribution < 1.29 is 26.1 Å². The second kappa shape index (κ2) is 5.40. The maximum Gasteiger partial charge on any atom is 0.501 e. The van der Waals surface area contributed by atoms with Crippen molar-refractivity contribution in [3.63, 3.8) is 0 Å². The normalized spacial score (nSPS) is 12.4. The second-order valence-electron chi connectivity index (χ2n) is 4.23. The van der Waals surface area contributed by atoms with Gasteiger partial charge in [-0.15, -0.1) is 0 Å². The fourth-order valence-corrected chi connectivity index (χ4v) is 2.60. The number of rotatable bonds is 4. The summed E-state index contributed by atoms with van der Waals surface area (Å²) in [6.07, 6.45) is 0. The van der Waals surface area contributed by atoms with Gasteiger partial charge in [-0.05, 0) is 19.1 Å². The Morgan fingerprint density at radius 3 is 2.52 bits per heavy atom. The van der Waals surface area contributed by atoms with Crippen LogP contribution < -0.4 is 5.32 Å². The fourth-order valence-electron chi connectivity index (χ4n) is 1.66. The fraction of sp³-hybridized carbons (Fsp3) is 0.250. The zero-order chi connectivity index (χ0) is 15.7. The van der Waals surface area contributed by atoms with E-state index in [1.807, 2.05) is 0 Å². The van der Waals surface area contributed by atoms with Gasteiger partial charge in [0.15, 0.2) is 0 Å². The average molecular weight is 320 g/mol. The molecule has 21 heavy (non-hydrogen) atoms. The molecule has 0 amide bonds. The van der Waals surface area contributed by atoms with Gasteiger partial charge in [0, 0.05) is 6.07 Å². The molecular formula is C12H11F3N2O3S. The molecule has 2 aromatic rings. The third kappa shape index (κ3) is 3.18. The summed E-state index contributed by atoms with van der Waals surface area (Å²) in [5, 5.41) is 6.28. The molecule has 1 N–H and O–H groups in total. The monoisotopic (exact) mass is 320 g/mol. The Morgan fingerprint density at radius 1 is 1.29 bits per heavy atom. The number of halogens is 3. The smallest absolute Gasteiger partial charge is 0.378 e. The van der Waals surface area contributed by atoms with E-state index in [0.717, 1.165) is 6.07 Å². The van der Waals surface area contributed by atoms with E-state index in [9.17, 15) is 21.6 Å². The summed E-state index contributed by atoms with van der Waals surface area (Å²) in [6, 6.07) is 6.41. The molecule has 0 atom stereocenters. The minimum absolute atomic E-state index is 0.0434. The number of hydrogen-bond donors (Lipinski definition) is 1. The molecule has 0 aliphatic carbocycles. The number of hydrogen-bond acceptors (Lipinski definition) is 5. The largest absolute Gasteiger partial charge is 0.501 e. The van der Waals surface area contributed by atoms with Crippen molar-refractivity contribution in [3.05, 3.63) is 41.8 Å². The lowest BCUT2D eigenvalue weighted by Gasteiger charge is -2.13. The molecule has 2 rings (SSSR count). The quantitative estimate of drug-likeness (QED) is 0.938. The first-order chi connectivity index (χ1) is 9.72. The first kappa shape index (κ1) is 15.4. The number of benzene rings is 1. The van der Waals surface area contributed by atoms with Gasteiger partial charge in [-0.3, -0.25) is 0 Å². The summed E-state index contributed by atoms with van der Waals surface area (Å²) in [7, 11) is -5.41. The van der Waals surface area contributed by atoms with E-state index in [-0.39, 0.29) is 12.2 Å². The van der Waals surface area contributed by atoms with E-state index >= 15 is 0 Å². The van der Waals surface area contributed by atoms with Gasteiger partial charge < -0.3 is 9.84 Å². The maximum absolute atomic E-state index is 12.6.